The lowest BCUT2D eigenvalue weighted by molar-refractivity contribution is 0.372. The number of nitrogens with one attached hydrogen (secondary N) is 1. The van der Waals surface area contributed by atoms with Gasteiger partial charge in [0.15, 0.2) is 0 Å². The number of anilines is 2. The van der Waals surface area contributed by atoms with Crippen molar-refractivity contribution in [2.45, 2.75) is 43.8 Å². The van der Waals surface area contributed by atoms with Crippen molar-refractivity contribution in [2.24, 2.45) is 5.92 Å². The number of sulfone groups is 1. The van der Waals surface area contributed by atoms with Crippen LogP contribution in [-0.4, -0.2) is 49.5 Å². The van der Waals surface area contributed by atoms with Gasteiger partial charge in [0.2, 0.25) is 0 Å². The van der Waals surface area contributed by atoms with Gasteiger partial charge in [0.05, 0.1) is 5.25 Å². The Morgan fingerprint density at radius 1 is 1.17 bits per heavy atom. The number of aromatic nitrogens is 2. The molecule has 1 N–H and O–H groups in total. The zero-order valence-corrected chi connectivity index (χ0v) is 14.6. The summed E-state index contributed by atoms with van der Waals surface area (Å²) < 4.78 is 23.2. The zero-order valence-electron chi connectivity index (χ0n) is 13.7. The van der Waals surface area contributed by atoms with Crippen molar-refractivity contribution < 1.29 is 8.42 Å². The standard InChI is InChI=1S/C16H26N4O2S/c1-23(21,22)14-6-4-13(5-7-14)11-17-15-10-16(19-12-18-15)20-8-2-3-9-20/h10,12-14H,2-9,11H2,1H3,(H,17,18,19). The summed E-state index contributed by atoms with van der Waals surface area (Å²) in [5.74, 6) is 2.39. The van der Waals surface area contributed by atoms with Crippen LogP contribution in [0.4, 0.5) is 11.6 Å². The van der Waals surface area contributed by atoms with Gasteiger partial charge in [-0.2, -0.15) is 0 Å². The van der Waals surface area contributed by atoms with Crippen LogP contribution < -0.4 is 10.2 Å². The molecule has 0 unspecified atom stereocenters. The highest BCUT2D eigenvalue weighted by Gasteiger charge is 2.27. The first-order valence-corrected chi connectivity index (χ1v) is 10.5. The molecule has 0 radical (unpaired) electrons. The maximum Gasteiger partial charge on any atom is 0.150 e. The summed E-state index contributed by atoms with van der Waals surface area (Å²) in [6.45, 7) is 3.00. The molecule has 2 fully saturated rings. The molecule has 1 saturated heterocycles. The average molecular weight is 338 g/mol. The Labute approximate surface area is 138 Å². The number of hydrogen-bond acceptors (Lipinski definition) is 6. The monoisotopic (exact) mass is 338 g/mol. The van der Waals surface area contributed by atoms with Gasteiger partial charge in [0.1, 0.15) is 27.8 Å². The highest BCUT2D eigenvalue weighted by Crippen LogP contribution is 2.28. The van der Waals surface area contributed by atoms with Gasteiger partial charge >= 0.3 is 0 Å². The van der Waals surface area contributed by atoms with Gasteiger partial charge in [-0.15, -0.1) is 0 Å². The van der Waals surface area contributed by atoms with Crippen molar-refractivity contribution in [3.63, 3.8) is 0 Å². The van der Waals surface area contributed by atoms with E-state index in [9.17, 15) is 8.42 Å². The summed E-state index contributed by atoms with van der Waals surface area (Å²) in [4.78, 5) is 11.0. The molecule has 1 aromatic heterocycles. The fourth-order valence-electron chi connectivity index (χ4n) is 3.58. The summed E-state index contributed by atoms with van der Waals surface area (Å²) in [6, 6.07) is 2.02. The maximum absolute atomic E-state index is 11.6. The van der Waals surface area contributed by atoms with Gasteiger partial charge in [-0.1, -0.05) is 0 Å². The highest BCUT2D eigenvalue weighted by molar-refractivity contribution is 7.91. The summed E-state index contributed by atoms with van der Waals surface area (Å²) in [5.41, 5.74) is 0. The van der Waals surface area contributed by atoms with Crippen molar-refractivity contribution in [1.29, 1.82) is 0 Å². The third kappa shape index (κ3) is 4.34. The van der Waals surface area contributed by atoms with E-state index in [4.69, 9.17) is 0 Å². The molecule has 2 aliphatic rings. The maximum atomic E-state index is 11.6. The van der Waals surface area contributed by atoms with E-state index in [0.717, 1.165) is 57.0 Å². The summed E-state index contributed by atoms with van der Waals surface area (Å²) in [7, 11) is -2.88. The predicted octanol–water partition coefficient (Wildman–Crippen LogP) is 2.09. The van der Waals surface area contributed by atoms with Crippen LogP contribution in [0.3, 0.4) is 0 Å². The quantitative estimate of drug-likeness (QED) is 0.886. The molecule has 1 aliphatic heterocycles. The lowest BCUT2D eigenvalue weighted by atomic mass is 9.89. The van der Waals surface area contributed by atoms with Crippen LogP contribution in [0.1, 0.15) is 38.5 Å². The fraction of sp³-hybridized carbons (Fsp3) is 0.750. The number of rotatable bonds is 5. The van der Waals surface area contributed by atoms with Crippen LogP contribution in [-0.2, 0) is 9.84 Å². The molecular formula is C16H26N4O2S. The number of hydrogen-bond donors (Lipinski definition) is 1. The third-order valence-electron chi connectivity index (χ3n) is 5.05. The molecule has 3 rings (SSSR count). The van der Waals surface area contributed by atoms with E-state index in [1.54, 1.807) is 6.33 Å². The van der Waals surface area contributed by atoms with Crippen LogP contribution in [0.5, 0.6) is 0 Å². The van der Waals surface area contributed by atoms with Crippen molar-refractivity contribution in [1.82, 2.24) is 9.97 Å². The van der Waals surface area contributed by atoms with Crippen LogP contribution in [0.25, 0.3) is 0 Å². The molecule has 0 spiro atoms. The van der Waals surface area contributed by atoms with Crippen LogP contribution >= 0.6 is 0 Å². The van der Waals surface area contributed by atoms with E-state index in [-0.39, 0.29) is 5.25 Å². The number of nitrogens with zero attached hydrogens (tertiary/aromatic N) is 3. The molecule has 1 aliphatic carbocycles. The topological polar surface area (TPSA) is 75.2 Å². The molecule has 0 bridgehead atoms. The predicted molar refractivity (Wildman–Crippen MR) is 92.6 cm³/mol. The zero-order chi connectivity index (χ0) is 16.3. The van der Waals surface area contributed by atoms with Crippen molar-refractivity contribution in [3.05, 3.63) is 12.4 Å². The van der Waals surface area contributed by atoms with E-state index in [1.165, 1.54) is 19.1 Å². The van der Waals surface area contributed by atoms with Gasteiger partial charge in [-0.25, -0.2) is 18.4 Å². The molecule has 7 heteroatoms. The Balaban J connectivity index is 1.50. The van der Waals surface area contributed by atoms with Crippen LogP contribution in [0, 0.1) is 5.92 Å². The Hall–Kier alpha value is -1.37. The second-order valence-corrected chi connectivity index (χ2v) is 9.13. The summed E-state index contributed by atoms with van der Waals surface area (Å²) in [5, 5.41) is 3.27. The van der Waals surface area contributed by atoms with Gasteiger partial charge in [0.25, 0.3) is 0 Å². The first kappa shape index (κ1) is 16.5. The Morgan fingerprint density at radius 2 is 1.87 bits per heavy atom. The van der Waals surface area contributed by atoms with Gasteiger partial charge in [0, 0.05) is 32.0 Å². The smallest absolute Gasteiger partial charge is 0.150 e. The van der Waals surface area contributed by atoms with Gasteiger partial charge in [-0.3, -0.25) is 0 Å². The lowest BCUT2D eigenvalue weighted by Crippen LogP contribution is -2.29. The molecule has 6 nitrogen and oxygen atoms in total. The molecule has 128 valence electrons. The van der Waals surface area contributed by atoms with E-state index < -0.39 is 9.84 Å². The van der Waals surface area contributed by atoms with Gasteiger partial charge < -0.3 is 10.2 Å². The van der Waals surface area contributed by atoms with Crippen molar-refractivity contribution in [3.8, 4) is 0 Å². The fourth-order valence-corrected chi connectivity index (χ4v) is 4.70. The average Bonchev–Trinajstić information content (AvgIpc) is 3.07. The molecule has 1 aromatic rings. The minimum atomic E-state index is -2.88. The minimum absolute atomic E-state index is 0.139. The molecule has 2 heterocycles. The second-order valence-electron chi connectivity index (χ2n) is 6.81. The van der Waals surface area contributed by atoms with E-state index in [1.807, 2.05) is 6.07 Å². The summed E-state index contributed by atoms with van der Waals surface area (Å²) >= 11 is 0. The van der Waals surface area contributed by atoms with Crippen LogP contribution in [0.15, 0.2) is 12.4 Å². The molecule has 0 amide bonds. The molecule has 0 aromatic carbocycles. The molecule has 1 saturated carbocycles. The van der Waals surface area contributed by atoms with Crippen molar-refractivity contribution >= 4 is 21.5 Å². The largest absolute Gasteiger partial charge is 0.370 e. The van der Waals surface area contributed by atoms with Crippen molar-refractivity contribution in [2.75, 3.05) is 36.1 Å². The Bertz CT molecular complexity index is 621. The SMILES string of the molecule is CS(=O)(=O)C1CCC(CNc2cc(N3CCCC3)ncn2)CC1. The molecular weight excluding hydrogens is 312 g/mol. The minimum Gasteiger partial charge on any atom is -0.370 e. The molecule has 23 heavy (non-hydrogen) atoms. The summed E-state index contributed by atoms with van der Waals surface area (Å²) in [6.07, 6.45) is 8.95. The first-order chi connectivity index (χ1) is 11.0. The third-order valence-corrected chi connectivity index (χ3v) is 6.74. The molecule has 0 atom stereocenters. The van der Waals surface area contributed by atoms with E-state index in [0.29, 0.717) is 5.92 Å². The normalized spacial score (nSPS) is 25.5. The van der Waals surface area contributed by atoms with E-state index >= 15 is 0 Å². The van der Waals surface area contributed by atoms with Crippen LogP contribution in [0.2, 0.25) is 0 Å². The Morgan fingerprint density at radius 3 is 2.52 bits per heavy atom. The second kappa shape index (κ2) is 7.03. The van der Waals surface area contributed by atoms with E-state index in [2.05, 4.69) is 20.2 Å². The highest BCUT2D eigenvalue weighted by atomic mass is 32.2. The first-order valence-electron chi connectivity index (χ1n) is 8.52. The lowest BCUT2D eigenvalue weighted by Gasteiger charge is -2.27. The van der Waals surface area contributed by atoms with Gasteiger partial charge in [-0.05, 0) is 44.4 Å². The Kier molecular flexibility index (Phi) is 5.04.